The molecule has 2 amide bonds. The van der Waals surface area contributed by atoms with Crippen molar-refractivity contribution in [3.8, 4) is 0 Å². The summed E-state index contributed by atoms with van der Waals surface area (Å²) in [4.78, 5) is 27.1. The SMILES string of the molecule is Cl.O=C(NCC1CCCN(C(=O)c2ccc(Cl)s2)C1)C1CCCN1. The van der Waals surface area contributed by atoms with Crippen molar-refractivity contribution >= 4 is 47.2 Å². The number of rotatable bonds is 4. The topological polar surface area (TPSA) is 61.4 Å². The Hall–Kier alpha value is -0.820. The summed E-state index contributed by atoms with van der Waals surface area (Å²) in [5, 5.41) is 6.25. The maximum atomic E-state index is 12.5. The molecule has 3 rings (SSSR count). The van der Waals surface area contributed by atoms with Gasteiger partial charge in [-0.1, -0.05) is 11.6 Å². The minimum Gasteiger partial charge on any atom is -0.354 e. The number of halogens is 2. The number of hydrogen-bond acceptors (Lipinski definition) is 4. The van der Waals surface area contributed by atoms with Crippen LogP contribution in [0, 0.1) is 5.92 Å². The van der Waals surface area contributed by atoms with Gasteiger partial charge in [0, 0.05) is 19.6 Å². The fraction of sp³-hybridized carbons (Fsp3) is 0.625. The van der Waals surface area contributed by atoms with Crippen LogP contribution in [-0.2, 0) is 4.79 Å². The van der Waals surface area contributed by atoms with Crippen LogP contribution in [0.4, 0.5) is 0 Å². The highest BCUT2D eigenvalue weighted by atomic mass is 35.5. The Bertz CT molecular complexity index is 575. The van der Waals surface area contributed by atoms with E-state index in [0.29, 0.717) is 28.2 Å². The Kier molecular flexibility index (Phi) is 7.34. The van der Waals surface area contributed by atoms with Gasteiger partial charge in [0.1, 0.15) is 0 Å². The molecule has 1 aromatic heterocycles. The van der Waals surface area contributed by atoms with Gasteiger partial charge in [0.05, 0.1) is 15.3 Å². The molecule has 2 fully saturated rings. The molecular formula is C16H23Cl2N3O2S. The number of carbonyl (C=O) groups is 2. The van der Waals surface area contributed by atoms with E-state index in [0.717, 1.165) is 38.8 Å². The van der Waals surface area contributed by atoms with Gasteiger partial charge in [-0.2, -0.15) is 0 Å². The third-order valence-electron chi connectivity index (χ3n) is 4.53. The molecule has 0 saturated carbocycles. The zero-order chi connectivity index (χ0) is 16.2. The highest BCUT2D eigenvalue weighted by Crippen LogP contribution is 2.25. The van der Waals surface area contributed by atoms with Crippen molar-refractivity contribution in [3.05, 3.63) is 21.3 Å². The average Bonchev–Trinajstić information content (AvgIpc) is 3.24. The third kappa shape index (κ3) is 4.85. The molecule has 0 spiro atoms. The molecule has 3 heterocycles. The van der Waals surface area contributed by atoms with E-state index in [2.05, 4.69) is 10.6 Å². The van der Waals surface area contributed by atoms with E-state index in [1.165, 1.54) is 11.3 Å². The minimum absolute atomic E-state index is 0. The number of hydrogen-bond donors (Lipinski definition) is 2. The first-order chi connectivity index (χ1) is 11.1. The number of amides is 2. The van der Waals surface area contributed by atoms with Crippen molar-refractivity contribution in [1.29, 1.82) is 0 Å². The molecule has 8 heteroatoms. The number of thiophene rings is 1. The Balaban J connectivity index is 0.00000208. The molecule has 2 aliphatic rings. The normalized spacial score (nSPS) is 23.6. The summed E-state index contributed by atoms with van der Waals surface area (Å²) in [6, 6.07) is 3.51. The van der Waals surface area contributed by atoms with Crippen molar-refractivity contribution in [2.75, 3.05) is 26.2 Å². The van der Waals surface area contributed by atoms with Crippen LogP contribution in [-0.4, -0.2) is 48.9 Å². The molecule has 0 bridgehead atoms. The van der Waals surface area contributed by atoms with Gasteiger partial charge in [-0.15, -0.1) is 23.7 Å². The van der Waals surface area contributed by atoms with Crippen LogP contribution < -0.4 is 10.6 Å². The van der Waals surface area contributed by atoms with Crippen LogP contribution in [0.1, 0.15) is 35.4 Å². The second kappa shape index (κ2) is 9.04. The molecule has 2 aliphatic heterocycles. The van der Waals surface area contributed by atoms with Crippen molar-refractivity contribution in [1.82, 2.24) is 15.5 Å². The van der Waals surface area contributed by atoms with Crippen LogP contribution in [0.25, 0.3) is 0 Å². The van der Waals surface area contributed by atoms with Gasteiger partial charge in [0.2, 0.25) is 5.91 Å². The summed E-state index contributed by atoms with van der Waals surface area (Å²) in [5.41, 5.74) is 0. The number of nitrogens with one attached hydrogen (secondary N) is 2. The molecule has 1 aromatic rings. The van der Waals surface area contributed by atoms with Crippen LogP contribution in [0.2, 0.25) is 4.34 Å². The second-order valence-electron chi connectivity index (χ2n) is 6.26. The first-order valence-electron chi connectivity index (χ1n) is 8.19. The molecule has 2 atom stereocenters. The monoisotopic (exact) mass is 391 g/mol. The number of carbonyl (C=O) groups excluding carboxylic acids is 2. The van der Waals surface area contributed by atoms with Gasteiger partial charge >= 0.3 is 0 Å². The standard InChI is InChI=1S/C16H22ClN3O2S.ClH/c17-14-6-5-13(23-14)16(22)20-8-2-3-11(10-20)9-19-15(21)12-4-1-7-18-12;/h5-6,11-12,18H,1-4,7-10H2,(H,19,21);1H. The second-order valence-corrected chi connectivity index (χ2v) is 7.97. The quantitative estimate of drug-likeness (QED) is 0.828. The zero-order valence-corrected chi connectivity index (χ0v) is 15.8. The fourth-order valence-electron chi connectivity index (χ4n) is 3.28. The maximum absolute atomic E-state index is 12.5. The molecule has 0 aliphatic carbocycles. The maximum Gasteiger partial charge on any atom is 0.263 e. The summed E-state index contributed by atoms with van der Waals surface area (Å²) >= 11 is 7.24. The van der Waals surface area contributed by atoms with E-state index < -0.39 is 0 Å². The molecule has 0 aromatic carbocycles. The summed E-state index contributed by atoms with van der Waals surface area (Å²) in [6.45, 7) is 3.05. The summed E-state index contributed by atoms with van der Waals surface area (Å²) in [6.07, 6.45) is 4.01. The highest BCUT2D eigenvalue weighted by Gasteiger charge is 2.27. The van der Waals surface area contributed by atoms with Gasteiger partial charge in [-0.05, 0) is 50.3 Å². The largest absolute Gasteiger partial charge is 0.354 e. The predicted octanol–water partition coefficient (Wildman–Crippen LogP) is 2.54. The Morgan fingerprint density at radius 2 is 2.17 bits per heavy atom. The zero-order valence-electron chi connectivity index (χ0n) is 13.4. The first-order valence-corrected chi connectivity index (χ1v) is 9.38. The molecule has 134 valence electrons. The number of nitrogens with zero attached hydrogens (tertiary/aromatic N) is 1. The van der Waals surface area contributed by atoms with Crippen LogP contribution >= 0.6 is 35.3 Å². The van der Waals surface area contributed by atoms with Gasteiger partial charge in [-0.25, -0.2) is 0 Å². The predicted molar refractivity (Wildman–Crippen MR) is 99.2 cm³/mol. The van der Waals surface area contributed by atoms with E-state index in [4.69, 9.17) is 11.6 Å². The molecule has 24 heavy (non-hydrogen) atoms. The van der Waals surface area contributed by atoms with Gasteiger partial charge in [0.25, 0.3) is 5.91 Å². The first kappa shape index (κ1) is 19.5. The Morgan fingerprint density at radius 1 is 1.33 bits per heavy atom. The summed E-state index contributed by atoms with van der Waals surface area (Å²) in [7, 11) is 0. The molecule has 2 saturated heterocycles. The van der Waals surface area contributed by atoms with Crippen molar-refractivity contribution < 1.29 is 9.59 Å². The fourth-order valence-corrected chi connectivity index (χ4v) is 4.29. The van der Waals surface area contributed by atoms with E-state index in [1.54, 1.807) is 12.1 Å². The van der Waals surface area contributed by atoms with Gasteiger partial charge in [0.15, 0.2) is 0 Å². The van der Waals surface area contributed by atoms with Crippen molar-refractivity contribution in [2.24, 2.45) is 5.92 Å². The summed E-state index contributed by atoms with van der Waals surface area (Å²) < 4.78 is 0.637. The lowest BCUT2D eigenvalue weighted by Crippen LogP contribution is -2.46. The Morgan fingerprint density at radius 3 is 2.83 bits per heavy atom. The lowest BCUT2D eigenvalue weighted by atomic mass is 9.97. The molecule has 5 nitrogen and oxygen atoms in total. The summed E-state index contributed by atoms with van der Waals surface area (Å²) in [5.74, 6) is 0.472. The van der Waals surface area contributed by atoms with E-state index in [-0.39, 0.29) is 30.3 Å². The van der Waals surface area contributed by atoms with Crippen molar-refractivity contribution in [2.45, 2.75) is 31.7 Å². The molecular weight excluding hydrogens is 369 g/mol. The third-order valence-corrected chi connectivity index (χ3v) is 5.75. The van der Waals surface area contributed by atoms with E-state index in [1.807, 2.05) is 4.90 Å². The Labute approximate surface area is 157 Å². The van der Waals surface area contributed by atoms with E-state index in [9.17, 15) is 9.59 Å². The highest BCUT2D eigenvalue weighted by molar-refractivity contribution is 7.17. The lowest BCUT2D eigenvalue weighted by Gasteiger charge is -2.32. The number of likely N-dealkylation sites (tertiary alicyclic amines) is 1. The van der Waals surface area contributed by atoms with Crippen LogP contribution in [0.15, 0.2) is 12.1 Å². The molecule has 2 unspecified atom stereocenters. The van der Waals surface area contributed by atoms with Gasteiger partial charge in [-0.3, -0.25) is 9.59 Å². The van der Waals surface area contributed by atoms with Crippen molar-refractivity contribution in [3.63, 3.8) is 0 Å². The average molecular weight is 392 g/mol. The molecule has 0 radical (unpaired) electrons. The smallest absolute Gasteiger partial charge is 0.263 e. The van der Waals surface area contributed by atoms with Crippen LogP contribution in [0.5, 0.6) is 0 Å². The lowest BCUT2D eigenvalue weighted by molar-refractivity contribution is -0.123. The van der Waals surface area contributed by atoms with E-state index >= 15 is 0 Å². The minimum atomic E-state index is -0.0374. The molecule has 2 N–H and O–H groups in total. The number of piperidine rings is 1. The van der Waals surface area contributed by atoms with Gasteiger partial charge < -0.3 is 15.5 Å². The van der Waals surface area contributed by atoms with Crippen LogP contribution in [0.3, 0.4) is 0 Å².